The Balaban J connectivity index is 1.56. The van der Waals surface area contributed by atoms with Crippen molar-refractivity contribution in [2.24, 2.45) is 11.8 Å². The largest absolute Gasteiger partial charge is 0.324 e. The van der Waals surface area contributed by atoms with Crippen LogP contribution < -0.4 is 10.2 Å². The number of carbonyl (C=O) groups is 3. The number of anilines is 2. The number of benzene rings is 2. The van der Waals surface area contributed by atoms with E-state index in [4.69, 9.17) is 0 Å². The van der Waals surface area contributed by atoms with Crippen molar-refractivity contribution in [1.82, 2.24) is 4.90 Å². The van der Waals surface area contributed by atoms with Crippen molar-refractivity contribution in [3.63, 3.8) is 0 Å². The van der Waals surface area contributed by atoms with Crippen LogP contribution in [0.3, 0.4) is 0 Å². The molecule has 30 heavy (non-hydrogen) atoms. The van der Waals surface area contributed by atoms with Crippen molar-refractivity contribution < 1.29 is 18.8 Å². The molecule has 0 bridgehead atoms. The Bertz CT molecular complexity index is 1140. The molecule has 4 aliphatic heterocycles. The highest BCUT2D eigenvalue weighted by atomic mass is 79.9. The fourth-order valence-electron chi connectivity index (χ4n) is 6.02. The number of hydrogen-bond donors (Lipinski definition) is 1. The smallest absolute Gasteiger partial charge is 0.250 e. The molecule has 0 saturated carbocycles. The van der Waals surface area contributed by atoms with E-state index in [0.717, 1.165) is 27.8 Å². The third kappa shape index (κ3) is 2.03. The minimum absolute atomic E-state index is 0.174. The highest BCUT2D eigenvalue weighted by Crippen LogP contribution is 2.60. The zero-order valence-corrected chi connectivity index (χ0v) is 17.4. The number of hydrogen-bond acceptors (Lipinski definition) is 4. The van der Waals surface area contributed by atoms with E-state index in [1.54, 1.807) is 0 Å². The van der Waals surface area contributed by atoms with E-state index in [1.807, 2.05) is 18.2 Å². The zero-order chi connectivity index (χ0) is 20.8. The van der Waals surface area contributed by atoms with Crippen LogP contribution in [0.4, 0.5) is 15.8 Å². The summed E-state index contributed by atoms with van der Waals surface area (Å²) in [5.74, 6) is -2.80. The van der Waals surface area contributed by atoms with E-state index in [1.165, 1.54) is 24.3 Å². The van der Waals surface area contributed by atoms with Crippen molar-refractivity contribution in [3.05, 3.63) is 58.3 Å². The molecule has 4 aliphatic rings. The van der Waals surface area contributed by atoms with Gasteiger partial charge in [-0.05, 0) is 61.9 Å². The summed E-state index contributed by atoms with van der Waals surface area (Å²) in [6.45, 7) is 0.661. The molecule has 3 amide bonds. The third-order valence-electron chi connectivity index (χ3n) is 7.04. The van der Waals surface area contributed by atoms with Crippen molar-refractivity contribution in [2.45, 2.75) is 24.4 Å². The monoisotopic (exact) mass is 469 g/mol. The van der Waals surface area contributed by atoms with E-state index < -0.39 is 29.1 Å². The minimum atomic E-state index is -1.20. The molecule has 1 N–H and O–H groups in total. The number of nitrogens with zero attached hydrogens (tertiary/aromatic N) is 2. The maximum atomic E-state index is 13.7. The first kappa shape index (κ1) is 18.2. The van der Waals surface area contributed by atoms with Gasteiger partial charge in [0.2, 0.25) is 17.7 Å². The fourth-order valence-corrected chi connectivity index (χ4v) is 6.38. The highest BCUT2D eigenvalue weighted by Gasteiger charge is 2.74. The Morgan fingerprint density at radius 3 is 2.60 bits per heavy atom. The van der Waals surface area contributed by atoms with E-state index in [-0.39, 0.29) is 17.9 Å². The summed E-state index contributed by atoms with van der Waals surface area (Å²) in [5, 5.41) is 2.95. The lowest BCUT2D eigenvalue weighted by Gasteiger charge is -2.36. The molecule has 1 spiro atoms. The van der Waals surface area contributed by atoms with Gasteiger partial charge >= 0.3 is 0 Å². The average molecular weight is 470 g/mol. The van der Waals surface area contributed by atoms with Gasteiger partial charge in [0.15, 0.2) is 0 Å². The number of fused-ring (bicyclic) bond motifs is 7. The number of amides is 3. The maximum absolute atomic E-state index is 13.7. The summed E-state index contributed by atoms with van der Waals surface area (Å²) < 4.78 is 14.2. The van der Waals surface area contributed by atoms with Crippen molar-refractivity contribution >= 4 is 45.0 Å². The van der Waals surface area contributed by atoms with Gasteiger partial charge in [-0.1, -0.05) is 15.9 Å². The highest BCUT2D eigenvalue weighted by molar-refractivity contribution is 9.10. The third-order valence-corrected chi connectivity index (χ3v) is 7.53. The molecule has 8 heteroatoms. The molecule has 4 heterocycles. The van der Waals surface area contributed by atoms with Crippen LogP contribution in [0, 0.1) is 17.7 Å². The van der Waals surface area contributed by atoms with Gasteiger partial charge in [0.1, 0.15) is 11.4 Å². The van der Waals surface area contributed by atoms with Gasteiger partial charge in [0.05, 0.1) is 17.5 Å². The first-order valence-electron chi connectivity index (χ1n) is 9.96. The van der Waals surface area contributed by atoms with Crippen LogP contribution in [0.2, 0.25) is 0 Å². The Hall–Kier alpha value is -2.58. The van der Waals surface area contributed by atoms with E-state index in [2.05, 4.69) is 26.1 Å². The van der Waals surface area contributed by atoms with Crippen LogP contribution in [-0.4, -0.2) is 35.2 Å². The number of rotatable bonds is 1. The summed E-state index contributed by atoms with van der Waals surface area (Å²) in [7, 11) is 0. The van der Waals surface area contributed by atoms with Crippen molar-refractivity contribution in [3.8, 4) is 0 Å². The summed E-state index contributed by atoms with van der Waals surface area (Å²) in [6, 6.07) is 10.7. The quantitative estimate of drug-likeness (QED) is 0.651. The zero-order valence-electron chi connectivity index (χ0n) is 15.8. The summed E-state index contributed by atoms with van der Waals surface area (Å²) in [6.07, 6.45) is 1.63. The van der Waals surface area contributed by atoms with E-state index in [9.17, 15) is 18.8 Å². The van der Waals surface area contributed by atoms with Gasteiger partial charge in [-0.25, -0.2) is 9.29 Å². The molecule has 3 fully saturated rings. The Kier molecular flexibility index (Phi) is 3.63. The van der Waals surface area contributed by atoms with E-state index >= 15 is 0 Å². The van der Waals surface area contributed by atoms with E-state index in [0.29, 0.717) is 17.9 Å². The second-order valence-corrected chi connectivity index (χ2v) is 9.22. The second-order valence-electron chi connectivity index (χ2n) is 8.31. The summed E-state index contributed by atoms with van der Waals surface area (Å²) in [5.41, 5.74) is 0.554. The van der Waals surface area contributed by atoms with Gasteiger partial charge in [0.25, 0.3) is 0 Å². The van der Waals surface area contributed by atoms with Crippen LogP contribution in [0.15, 0.2) is 46.9 Å². The van der Waals surface area contributed by atoms with Gasteiger partial charge in [-0.3, -0.25) is 19.3 Å². The number of carbonyl (C=O) groups excluding carboxylic acids is 3. The number of nitrogens with one attached hydrogen (secondary N) is 1. The lowest BCUT2D eigenvalue weighted by Crippen LogP contribution is -2.54. The summed E-state index contributed by atoms with van der Waals surface area (Å²) >= 11 is 3.49. The molecule has 0 aromatic heterocycles. The topological polar surface area (TPSA) is 69.7 Å². The maximum Gasteiger partial charge on any atom is 0.250 e. The lowest BCUT2D eigenvalue weighted by molar-refractivity contribution is -0.135. The van der Waals surface area contributed by atoms with Gasteiger partial charge in [-0.15, -0.1) is 0 Å². The van der Waals surface area contributed by atoms with Crippen LogP contribution in [0.25, 0.3) is 0 Å². The molecular formula is C22H17BrFN3O3. The Labute approximate surface area is 180 Å². The molecule has 0 radical (unpaired) electrons. The molecule has 3 saturated heterocycles. The van der Waals surface area contributed by atoms with Gasteiger partial charge in [-0.2, -0.15) is 0 Å². The molecule has 2 aromatic carbocycles. The SMILES string of the molecule is O=C1[C@H]2[C@@H](C(=O)N1c1ccc(F)cc1)[C@]1(C(=O)Nc3ccc(Br)cc31)N1CCC[C@@H]21. The standard InChI is InChI=1S/C22H17BrFN3O3/c23-11-3-8-15-14(10-11)22(21(30)25-15)18-17(16-2-1-9-26(16)22)19(28)27(20(18)29)13-6-4-12(24)5-7-13/h3-8,10,16-18H,1-2,9H2,(H,25,30)/t16-,17+,18-,22+/m0/s1. The van der Waals surface area contributed by atoms with Crippen LogP contribution in [0.1, 0.15) is 18.4 Å². The fraction of sp³-hybridized carbons (Fsp3) is 0.318. The van der Waals surface area contributed by atoms with Crippen LogP contribution >= 0.6 is 15.9 Å². The number of imide groups is 1. The first-order valence-corrected chi connectivity index (χ1v) is 10.8. The molecule has 2 aromatic rings. The molecule has 4 atom stereocenters. The number of halogens is 2. The molecule has 0 unspecified atom stereocenters. The van der Waals surface area contributed by atoms with Crippen molar-refractivity contribution in [1.29, 1.82) is 0 Å². The van der Waals surface area contributed by atoms with Crippen LogP contribution in [0.5, 0.6) is 0 Å². The molecular weight excluding hydrogens is 453 g/mol. The Morgan fingerprint density at radius 1 is 1.07 bits per heavy atom. The molecule has 0 aliphatic carbocycles. The normalized spacial score (nSPS) is 32.0. The predicted octanol–water partition coefficient (Wildman–Crippen LogP) is 3.02. The molecule has 152 valence electrons. The van der Waals surface area contributed by atoms with Gasteiger partial charge in [0, 0.05) is 21.8 Å². The predicted molar refractivity (Wildman–Crippen MR) is 110 cm³/mol. The Morgan fingerprint density at radius 2 is 1.83 bits per heavy atom. The average Bonchev–Trinajstić information content (AvgIpc) is 3.42. The van der Waals surface area contributed by atoms with Gasteiger partial charge < -0.3 is 5.32 Å². The summed E-state index contributed by atoms with van der Waals surface area (Å²) in [4.78, 5) is 43.9. The molecule has 6 rings (SSSR count). The second kappa shape index (κ2) is 5.98. The van der Waals surface area contributed by atoms with Crippen LogP contribution in [-0.2, 0) is 19.9 Å². The van der Waals surface area contributed by atoms with Crippen molar-refractivity contribution in [2.75, 3.05) is 16.8 Å². The molecule has 6 nitrogen and oxygen atoms in total. The lowest BCUT2D eigenvalue weighted by atomic mass is 9.75. The first-order chi connectivity index (χ1) is 14.4. The minimum Gasteiger partial charge on any atom is -0.324 e.